The van der Waals surface area contributed by atoms with E-state index in [1.165, 1.54) is 11.1 Å². The minimum Gasteiger partial charge on any atom is -0.276 e. The fourth-order valence-electron chi connectivity index (χ4n) is 2.15. The first-order valence-electron chi connectivity index (χ1n) is 8.17. The van der Waals surface area contributed by atoms with Crippen LogP contribution >= 0.6 is 0 Å². The second-order valence-electron chi connectivity index (χ2n) is 5.91. The van der Waals surface area contributed by atoms with Crippen molar-refractivity contribution in [3.63, 3.8) is 0 Å². The van der Waals surface area contributed by atoms with Crippen LogP contribution in [-0.2, 0) is 0 Å². The van der Waals surface area contributed by atoms with Gasteiger partial charge in [0.05, 0.1) is 0 Å². The third-order valence-corrected chi connectivity index (χ3v) is 3.66. The summed E-state index contributed by atoms with van der Waals surface area (Å²) >= 11 is 0. The molecule has 124 valence electrons. The van der Waals surface area contributed by atoms with Gasteiger partial charge in [0.15, 0.2) is 0 Å². The molecule has 0 spiro atoms. The van der Waals surface area contributed by atoms with Crippen LogP contribution in [0.25, 0.3) is 0 Å². The maximum atomic E-state index is 11.9. The van der Waals surface area contributed by atoms with E-state index in [2.05, 4.69) is 62.2 Å². The summed E-state index contributed by atoms with van der Waals surface area (Å²) in [5, 5.41) is 0. The number of imidazole rings is 1. The number of aromatic nitrogens is 2. The van der Waals surface area contributed by atoms with Crippen LogP contribution < -0.4 is 0 Å². The van der Waals surface area contributed by atoms with Crippen LogP contribution in [0.1, 0.15) is 51.8 Å². The highest BCUT2D eigenvalue weighted by atomic mass is 16.2. The molecule has 0 saturated carbocycles. The Labute approximate surface area is 140 Å². The SMILES string of the molecule is C/C=C(C)/C=C/C=C/C[C@H](C)/C=C(\C)CCC(=O)n1ccnc1. The van der Waals surface area contributed by atoms with Crippen molar-refractivity contribution >= 4 is 5.91 Å². The average Bonchev–Trinajstić information content (AvgIpc) is 3.06. The van der Waals surface area contributed by atoms with Gasteiger partial charge in [0, 0.05) is 18.8 Å². The summed E-state index contributed by atoms with van der Waals surface area (Å²) in [6.07, 6.45) is 20.0. The van der Waals surface area contributed by atoms with Gasteiger partial charge in [-0.1, -0.05) is 54.5 Å². The van der Waals surface area contributed by atoms with E-state index < -0.39 is 0 Å². The van der Waals surface area contributed by atoms with Gasteiger partial charge in [-0.25, -0.2) is 4.98 Å². The van der Waals surface area contributed by atoms with Gasteiger partial charge >= 0.3 is 0 Å². The van der Waals surface area contributed by atoms with Gasteiger partial charge in [-0.3, -0.25) is 9.36 Å². The fraction of sp³-hybridized carbons (Fsp3) is 0.400. The molecule has 0 aliphatic heterocycles. The second-order valence-corrected chi connectivity index (χ2v) is 5.91. The quantitative estimate of drug-likeness (QED) is 0.479. The van der Waals surface area contributed by atoms with E-state index in [1.807, 2.05) is 6.92 Å². The summed E-state index contributed by atoms with van der Waals surface area (Å²) in [6.45, 7) is 8.42. The third-order valence-electron chi connectivity index (χ3n) is 3.66. The van der Waals surface area contributed by atoms with Gasteiger partial charge < -0.3 is 0 Å². The van der Waals surface area contributed by atoms with Crippen molar-refractivity contribution in [2.24, 2.45) is 5.92 Å². The molecular formula is C20H28N2O. The van der Waals surface area contributed by atoms with Crippen molar-refractivity contribution in [3.05, 3.63) is 66.3 Å². The molecule has 0 aliphatic rings. The Balaban J connectivity index is 2.34. The maximum absolute atomic E-state index is 11.9. The Kier molecular flexibility index (Phi) is 8.66. The standard InChI is InChI=1S/C20H28N2O/c1-5-17(2)9-7-6-8-10-18(3)15-19(4)11-12-20(23)22-14-13-21-16-22/h5-9,13-16,18H,10-12H2,1-4H3/b8-6+,9-7+,17-5+,19-15+/t18-/m0/s1. The number of carbonyl (C=O) groups is 1. The molecule has 0 fully saturated rings. The van der Waals surface area contributed by atoms with Crippen molar-refractivity contribution in [2.75, 3.05) is 0 Å². The molecule has 0 unspecified atom stereocenters. The lowest BCUT2D eigenvalue weighted by atomic mass is 10.0. The molecule has 3 heteroatoms. The Morgan fingerprint density at radius 2 is 2.04 bits per heavy atom. The molecule has 0 bridgehead atoms. The zero-order chi connectivity index (χ0) is 17.1. The van der Waals surface area contributed by atoms with Gasteiger partial charge in [0.1, 0.15) is 6.33 Å². The summed E-state index contributed by atoms with van der Waals surface area (Å²) < 4.78 is 1.54. The smallest absolute Gasteiger partial charge is 0.232 e. The lowest BCUT2D eigenvalue weighted by Crippen LogP contribution is -2.07. The van der Waals surface area contributed by atoms with E-state index in [4.69, 9.17) is 0 Å². The van der Waals surface area contributed by atoms with Crippen molar-refractivity contribution in [1.29, 1.82) is 0 Å². The predicted molar refractivity (Wildman–Crippen MR) is 97.3 cm³/mol. The number of allylic oxidation sites excluding steroid dienone is 8. The van der Waals surface area contributed by atoms with Crippen LogP contribution in [0.15, 0.2) is 66.3 Å². The van der Waals surface area contributed by atoms with Gasteiger partial charge in [-0.2, -0.15) is 0 Å². The molecular weight excluding hydrogens is 284 g/mol. The van der Waals surface area contributed by atoms with Gasteiger partial charge in [-0.05, 0) is 39.5 Å². The first kappa shape index (κ1) is 18.9. The van der Waals surface area contributed by atoms with Crippen LogP contribution in [-0.4, -0.2) is 15.5 Å². The zero-order valence-electron chi connectivity index (χ0n) is 14.7. The molecule has 1 aromatic heterocycles. The molecule has 1 atom stereocenters. The molecule has 23 heavy (non-hydrogen) atoms. The van der Waals surface area contributed by atoms with E-state index >= 15 is 0 Å². The first-order valence-corrected chi connectivity index (χ1v) is 8.17. The minimum atomic E-state index is 0.0901. The van der Waals surface area contributed by atoms with E-state index in [-0.39, 0.29) is 5.91 Å². The number of hydrogen-bond donors (Lipinski definition) is 0. The van der Waals surface area contributed by atoms with E-state index in [0.717, 1.165) is 12.8 Å². The monoisotopic (exact) mass is 312 g/mol. The second kappa shape index (κ2) is 10.5. The normalized spacial score (nSPS) is 14.8. The third kappa shape index (κ3) is 8.15. The molecule has 0 N–H and O–H groups in total. The summed E-state index contributed by atoms with van der Waals surface area (Å²) in [5.41, 5.74) is 2.53. The first-order chi connectivity index (χ1) is 11.0. The largest absolute Gasteiger partial charge is 0.276 e. The van der Waals surface area contributed by atoms with Crippen LogP contribution in [0.2, 0.25) is 0 Å². The van der Waals surface area contributed by atoms with E-state index in [9.17, 15) is 4.79 Å². The number of hydrogen-bond acceptors (Lipinski definition) is 2. The highest BCUT2D eigenvalue weighted by Crippen LogP contribution is 2.13. The molecule has 0 aliphatic carbocycles. The molecule has 0 radical (unpaired) electrons. The average molecular weight is 312 g/mol. The molecule has 1 rings (SSSR count). The van der Waals surface area contributed by atoms with Crippen molar-refractivity contribution in [2.45, 2.75) is 47.0 Å². The highest BCUT2D eigenvalue weighted by Gasteiger charge is 2.04. The summed E-state index contributed by atoms with van der Waals surface area (Å²) in [6, 6.07) is 0. The van der Waals surface area contributed by atoms with Gasteiger partial charge in [0.2, 0.25) is 5.91 Å². The molecule has 3 nitrogen and oxygen atoms in total. The van der Waals surface area contributed by atoms with Crippen molar-refractivity contribution < 1.29 is 4.79 Å². The summed E-state index contributed by atoms with van der Waals surface area (Å²) in [5.74, 6) is 0.568. The predicted octanol–water partition coefficient (Wildman–Crippen LogP) is 5.35. The van der Waals surface area contributed by atoms with Crippen LogP contribution in [0.4, 0.5) is 0 Å². The van der Waals surface area contributed by atoms with Crippen LogP contribution in [0, 0.1) is 5.92 Å². The molecule has 0 aromatic carbocycles. The summed E-state index contributed by atoms with van der Waals surface area (Å²) in [7, 11) is 0. The number of carbonyl (C=O) groups excluding carboxylic acids is 1. The summed E-state index contributed by atoms with van der Waals surface area (Å²) in [4.78, 5) is 15.8. The number of nitrogens with zero attached hydrogens (tertiary/aromatic N) is 2. The van der Waals surface area contributed by atoms with Crippen LogP contribution in [0.3, 0.4) is 0 Å². The van der Waals surface area contributed by atoms with Crippen molar-refractivity contribution in [1.82, 2.24) is 9.55 Å². The Morgan fingerprint density at radius 3 is 2.70 bits per heavy atom. The zero-order valence-corrected chi connectivity index (χ0v) is 14.7. The molecule has 0 saturated heterocycles. The van der Waals surface area contributed by atoms with Gasteiger partial charge in [-0.15, -0.1) is 0 Å². The minimum absolute atomic E-state index is 0.0901. The molecule has 0 amide bonds. The molecule has 1 heterocycles. The van der Waals surface area contributed by atoms with Gasteiger partial charge in [0.25, 0.3) is 0 Å². The highest BCUT2D eigenvalue weighted by molar-refractivity contribution is 5.78. The van der Waals surface area contributed by atoms with Crippen LogP contribution in [0.5, 0.6) is 0 Å². The van der Waals surface area contributed by atoms with E-state index in [1.54, 1.807) is 23.3 Å². The molecule has 1 aromatic rings. The maximum Gasteiger partial charge on any atom is 0.232 e. The Morgan fingerprint density at radius 1 is 1.26 bits per heavy atom. The lowest BCUT2D eigenvalue weighted by Gasteiger charge is -2.06. The fourth-order valence-corrected chi connectivity index (χ4v) is 2.15. The topological polar surface area (TPSA) is 34.9 Å². The van der Waals surface area contributed by atoms with E-state index in [0.29, 0.717) is 12.3 Å². The number of rotatable bonds is 8. The lowest BCUT2D eigenvalue weighted by molar-refractivity contribution is 0.0902. The van der Waals surface area contributed by atoms with Crippen molar-refractivity contribution in [3.8, 4) is 0 Å². The Hall–Kier alpha value is -2.16. The Bertz CT molecular complexity index is 589.